The summed E-state index contributed by atoms with van der Waals surface area (Å²) in [6.45, 7) is 6.29. The Bertz CT molecular complexity index is 842. The number of rotatable bonds is 4. The molecule has 3 aromatic rings. The van der Waals surface area contributed by atoms with Crippen LogP contribution in [0.2, 0.25) is 0 Å². The number of hydrogen-bond donors (Lipinski definition) is 1. The lowest BCUT2D eigenvalue weighted by Crippen LogP contribution is -2.14. The van der Waals surface area contributed by atoms with Crippen LogP contribution in [-0.4, -0.2) is 20.7 Å². The van der Waals surface area contributed by atoms with Crippen LogP contribution in [0.5, 0.6) is 0 Å². The monoisotopic (exact) mass is 362 g/mol. The van der Waals surface area contributed by atoms with Gasteiger partial charge in [-0.15, -0.1) is 12.4 Å². The van der Waals surface area contributed by atoms with Crippen LogP contribution in [0.1, 0.15) is 32.3 Å². The lowest BCUT2D eigenvalue weighted by Gasteiger charge is -2.02. The van der Waals surface area contributed by atoms with E-state index >= 15 is 0 Å². The Morgan fingerprint density at radius 3 is 2.54 bits per heavy atom. The number of thiazole rings is 1. The summed E-state index contributed by atoms with van der Waals surface area (Å²) in [5, 5.41) is 8.28. The van der Waals surface area contributed by atoms with E-state index in [0.29, 0.717) is 11.4 Å². The molecule has 126 valence electrons. The van der Waals surface area contributed by atoms with Crippen molar-refractivity contribution < 1.29 is 4.79 Å². The fourth-order valence-electron chi connectivity index (χ4n) is 2.37. The highest BCUT2D eigenvalue weighted by Gasteiger charge is 2.19. The maximum absolute atomic E-state index is 12.6. The molecule has 2 aromatic heterocycles. The number of anilines is 1. The van der Waals surface area contributed by atoms with Crippen LogP contribution < -0.4 is 5.32 Å². The van der Waals surface area contributed by atoms with E-state index in [1.807, 2.05) is 45.0 Å². The molecular formula is C17H19ClN4OS. The number of benzene rings is 1. The highest BCUT2D eigenvalue weighted by molar-refractivity contribution is 7.17. The molecule has 0 saturated heterocycles. The summed E-state index contributed by atoms with van der Waals surface area (Å²) in [4.78, 5) is 17.7. The minimum absolute atomic E-state index is 0. The van der Waals surface area contributed by atoms with E-state index in [1.54, 1.807) is 0 Å². The molecule has 0 unspecified atom stereocenters. The maximum atomic E-state index is 12.6. The minimum atomic E-state index is -0.127. The first-order valence-corrected chi connectivity index (χ1v) is 8.19. The molecule has 1 aromatic carbocycles. The minimum Gasteiger partial charge on any atom is -0.357 e. The number of nitrogens with one attached hydrogen (secondary N) is 1. The van der Waals surface area contributed by atoms with Crippen LogP contribution >= 0.6 is 23.7 Å². The van der Waals surface area contributed by atoms with Gasteiger partial charge in [0.1, 0.15) is 4.88 Å². The smallest absolute Gasteiger partial charge is 0.290 e. The Morgan fingerprint density at radius 1 is 1.21 bits per heavy atom. The molecule has 0 aliphatic heterocycles. The quantitative estimate of drug-likeness (QED) is 0.762. The molecule has 0 aliphatic rings. The highest BCUT2D eigenvalue weighted by atomic mass is 35.5. The van der Waals surface area contributed by atoms with Crippen molar-refractivity contribution in [2.75, 3.05) is 5.32 Å². The molecule has 24 heavy (non-hydrogen) atoms. The summed E-state index contributed by atoms with van der Waals surface area (Å²) in [7, 11) is 0. The van der Waals surface area contributed by atoms with Crippen LogP contribution in [0.25, 0.3) is 0 Å². The third-order valence-electron chi connectivity index (χ3n) is 3.48. The Labute approximate surface area is 151 Å². The molecule has 0 fully saturated rings. The topological polar surface area (TPSA) is 59.8 Å². The Morgan fingerprint density at radius 2 is 1.92 bits per heavy atom. The van der Waals surface area contributed by atoms with Crippen LogP contribution in [-0.2, 0) is 6.54 Å². The number of hydrogen-bond acceptors (Lipinski definition) is 5. The first-order chi connectivity index (χ1) is 11.0. The van der Waals surface area contributed by atoms with Crippen LogP contribution in [0.4, 0.5) is 5.13 Å². The maximum Gasteiger partial charge on any atom is 0.290 e. The summed E-state index contributed by atoms with van der Waals surface area (Å²) in [6, 6.07) is 12.0. The zero-order valence-corrected chi connectivity index (χ0v) is 15.4. The standard InChI is InChI=1S/C17H18N4OS.ClH/c1-11-9-12(2)21(20-11)16(22)15-13(3)19-17(23-15)18-10-14-7-5-4-6-8-14;/h4-9H,10H2,1-3H3,(H,18,19);1H. The fourth-order valence-corrected chi connectivity index (χ4v) is 3.26. The summed E-state index contributed by atoms with van der Waals surface area (Å²) < 4.78 is 1.44. The molecular weight excluding hydrogens is 344 g/mol. The van der Waals surface area contributed by atoms with Gasteiger partial charge >= 0.3 is 0 Å². The lowest BCUT2D eigenvalue weighted by molar-refractivity contribution is 0.0945. The Kier molecular flexibility index (Phi) is 5.75. The van der Waals surface area contributed by atoms with Gasteiger partial charge in [-0.1, -0.05) is 41.7 Å². The van der Waals surface area contributed by atoms with Crippen molar-refractivity contribution in [3.8, 4) is 0 Å². The predicted octanol–water partition coefficient (Wildman–Crippen LogP) is 3.99. The van der Waals surface area contributed by atoms with Gasteiger partial charge in [0.15, 0.2) is 5.13 Å². The number of carbonyl (C=O) groups is 1. The number of aromatic nitrogens is 3. The van der Waals surface area contributed by atoms with E-state index in [2.05, 4.69) is 27.5 Å². The molecule has 0 aliphatic carbocycles. The summed E-state index contributed by atoms with van der Waals surface area (Å²) in [5.41, 5.74) is 3.56. The number of nitrogens with zero attached hydrogens (tertiary/aromatic N) is 3. The summed E-state index contributed by atoms with van der Waals surface area (Å²) >= 11 is 1.37. The first kappa shape index (κ1) is 18.2. The third kappa shape index (κ3) is 3.83. The van der Waals surface area contributed by atoms with Crippen molar-refractivity contribution >= 4 is 34.8 Å². The number of halogens is 1. The average molecular weight is 363 g/mol. The van der Waals surface area contributed by atoms with Gasteiger partial charge in [0, 0.05) is 12.2 Å². The Balaban J connectivity index is 0.00000208. The molecule has 3 rings (SSSR count). The van der Waals surface area contributed by atoms with Gasteiger partial charge in [-0.2, -0.15) is 5.10 Å². The van der Waals surface area contributed by atoms with Crippen LogP contribution in [0.15, 0.2) is 36.4 Å². The fraction of sp³-hybridized carbons (Fsp3) is 0.235. The van der Waals surface area contributed by atoms with E-state index < -0.39 is 0 Å². The van der Waals surface area contributed by atoms with Gasteiger partial charge in [0.25, 0.3) is 5.91 Å². The molecule has 0 bridgehead atoms. The molecule has 5 nitrogen and oxygen atoms in total. The molecule has 0 saturated carbocycles. The molecule has 0 atom stereocenters. The molecule has 0 spiro atoms. The number of carbonyl (C=O) groups excluding carboxylic acids is 1. The van der Waals surface area contributed by atoms with Gasteiger partial charge in [-0.3, -0.25) is 4.79 Å². The largest absolute Gasteiger partial charge is 0.357 e. The van der Waals surface area contributed by atoms with Gasteiger partial charge in [-0.25, -0.2) is 9.67 Å². The molecule has 0 radical (unpaired) electrons. The second-order valence-electron chi connectivity index (χ2n) is 5.42. The van der Waals surface area contributed by atoms with E-state index in [4.69, 9.17) is 0 Å². The van der Waals surface area contributed by atoms with Gasteiger partial charge in [-0.05, 0) is 32.4 Å². The normalized spacial score (nSPS) is 10.3. The van der Waals surface area contributed by atoms with Gasteiger partial charge in [0.05, 0.1) is 11.4 Å². The van der Waals surface area contributed by atoms with Gasteiger partial charge in [0.2, 0.25) is 0 Å². The predicted molar refractivity (Wildman–Crippen MR) is 99.3 cm³/mol. The van der Waals surface area contributed by atoms with Crippen molar-refractivity contribution in [2.45, 2.75) is 27.3 Å². The van der Waals surface area contributed by atoms with Crippen molar-refractivity contribution in [2.24, 2.45) is 0 Å². The Hall–Kier alpha value is -2.18. The summed E-state index contributed by atoms with van der Waals surface area (Å²) in [6.07, 6.45) is 0. The molecule has 7 heteroatoms. The van der Waals surface area contributed by atoms with E-state index in [0.717, 1.165) is 22.2 Å². The second-order valence-corrected chi connectivity index (χ2v) is 6.42. The third-order valence-corrected chi connectivity index (χ3v) is 4.58. The molecule has 2 heterocycles. The van der Waals surface area contributed by atoms with Crippen molar-refractivity contribution in [1.82, 2.24) is 14.8 Å². The SMILES string of the molecule is Cc1cc(C)n(C(=O)c2sc(NCc3ccccc3)nc2C)n1.Cl. The van der Waals surface area contributed by atoms with Crippen molar-refractivity contribution in [3.63, 3.8) is 0 Å². The summed E-state index contributed by atoms with van der Waals surface area (Å²) in [5.74, 6) is -0.127. The van der Waals surface area contributed by atoms with Crippen molar-refractivity contribution in [1.29, 1.82) is 0 Å². The first-order valence-electron chi connectivity index (χ1n) is 7.38. The zero-order valence-electron chi connectivity index (χ0n) is 13.7. The average Bonchev–Trinajstić information content (AvgIpc) is 3.07. The van der Waals surface area contributed by atoms with Crippen molar-refractivity contribution in [3.05, 3.63) is 63.9 Å². The lowest BCUT2D eigenvalue weighted by atomic mass is 10.2. The number of aryl methyl sites for hydroxylation is 3. The van der Waals surface area contributed by atoms with Crippen LogP contribution in [0.3, 0.4) is 0 Å². The zero-order chi connectivity index (χ0) is 16.4. The highest BCUT2D eigenvalue weighted by Crippen LogP contribution is 2.24. The van der Waals surface area contributed by atoms with Crippen LogP contribution in [0, 0.1) is 20.8 Å². The van der Waals surface area contributed by atoms with Gasteiger partial charge < -0.3 is 5.32 Å². The molecule has 1 N–H and O–H groups in total. The van der Waals surface area contributed by atoms with E-state index in [9.17, 15) is 4.79 Å². The molecule has 0 amide bonds. The van der Waals surface area contributed by atoms with E-state index in [-0.39, 0.29) is 18.3 Å². The second kappa shape index (κ2) is 7.59. The van der Waals surface area contributed by atoms with E-state index in [1.165, 1.54) is 21.6 Å².